The van der Waals surface area contributed by atoms with E-state index in [1.807, 2.05) is 55.7 Å². The van der Waals surface area contributed by atoms with Gasteiger partial charge in [0.1, 0.15) is 28.9 Å². The number of hydrogen-bond donors (Lipinski definition) is 2. The number of nitrogens with zero attached hydrogens (tertiary/aromatic N) is 2. The van der Waals surface area contributed by atoms with Gasteiger partial charge in [0.15, 0.2) is 9.84 Å². The molecule has 1 aliphatic rings. The molecule has 1 aromatic heterocycles. The maximum Gasteiger partial charge on any atom is 0.254 e. The number of nitrogens with one attached hydrogen (secondary N) is 2. The first-order valence-electron chi connectivity index (χ1n) is 13.0. The number of carbonyl (C=O) groups excluding carboxylic acids is 1. The van der Waals surface area contributed by atoms with Crippen molar-refractivity contribution in [3.63, 3.8) is 0 Å². The second-order valence-electron chi connectivity index (χ2n) is 9.78. The summed E-state index contributed by atoms with van der Waals surface area (Å²) in [4.78, 5) is 22.5. The molecule has 0 radical (unpaired) electrons. The van der Waals surface area contributed by atoms with Gasteiger partial charge >= 0.3 is 0 Å². The number of imidazole rings is 1. The Hall–Kier alpha value is -4.02. The van der Waals surface area contributed by atoms with Crippen molar-refractivity contribution in [2.24, 2.45) is 0 Å². The molecule has 0 spiro atoms. The van der Waals surface area contributed by atoms with E-state index in [0.29, 0.717) is 18.8 Å². The van der Waals surface area contributed by atoms with Gasteiger partial charge in [0.25, 0.3) is 5.91 Å². The zero-order valence-corrected chi connectivity index (χ0v) is 23.4. The van der Waals surface area contributed by atoms with E-state index in [1.165, 1.54) is 12.1 Å². The number of rotatable bonds is 7. The Morgan fingerprint density at radius 2 is 1.82 bits per heavy atom. The number of H-pyrrole nitrogens is 1. The van der Waals surface area contributed by atoms with Gasteiger partial charge in [-0.15, -0.1) is 0 Å². The summed E-state index contributed by atoms with van der Waals surface area (Å²) >= 11 is 0. The van der Waals surface area contributed by atoms with E-state index in [-0.39, 0.29) is 36.6 Å². The number of halogens is 1. The Morgan fingerprint density at radius 3 is 2.52 bits per heavy atom. The second kappa shape index (κ2) is 11.2. The summed E-state index contributed by atoms with van der Waals surface area (Å²) in [5.74, 6) is 0.340. The number of aromatic amines is 1. The van der Waals surface area contributed by atoms with Gasteiger partial charge in [-0.3, -0.25) is 4.79 Å². The highest BCUT2D eigenvalue weighted by atomic mass is 32.2. The van der Waals surface area contributed by atoms with Crippen molar-refractivity contribution < 1.29 is 22.3 Å². The van der Waals surface area contributed by atoms with Crippen LogP contribution in [0.3, 0.4) is 0 Å². The monoisotopic (exact) mass is 562 g/mol. The van der Waals surface area contributed by atoms with Crippen LogP contribution in [0.15, 0.2) is 65.7 Å². The maximum atomic E-state index is 15.1. The van der Waals surface area contributed by atoms with Crippen LogP contribution in [0, 0.1) is 5.82 Å². The van der Waals surface area contributed by atoms with Gasteiger partial charge in [-0.2, -0.15) is 0 Å². The van der Waals surface area contributed by atoms with E-state index >= 15 is 4.39 Å². The van der Waals surface area contributed by atoms with Crippen LogP contribution < -0.4 is 10.1 Å². The van der Waals surface area contributed by atoms with Gasteiger partial charge in [-0.05, 0) is 54.4 Å². The summed E-state index contributed by atoms with van der Waals surface area (Å²) in [6, 6.07) is 16.6. The lowest BCUT2D eigenvalue weighted by molar-refractivity contribution is 0.0731. The zero-order chi connectivity index (χ0) is 28.4. The molecule has 40 heavy (non-hydrogen) atoms. The van der Waals surface area contributed by atoms with Crippen molar-refractivity contribution in [1.29, 1.82) is 0 Å². The minimum atomic E-state index is -3.76. The molecule has 4 aromatic rings. The van der Waals surface area contributed by atoms with Crippen molar-refractivity contribution in [3.8, 4) is 28.1 Å². The SMILES string of the molecule is CCc1c(C(=O)N2CCOc3ccc(-c4ccc(-c5cnc(CNC)[nH]5)cc4)cc3C2)ccc(S(C)(=O)=O)c1F. The molecule has 0 bridgehead atoms. The number of amides is 1. The summed E-state index contributed by atoms with van der Waals surface area (Å²) in [6.07, 6.45) is 2.96. The van der Waals surface area contributed by atoms with Crippen LogP contribution in [-0.4, -0.2) is 55.6 Å². The number of ether oxygens (including phenoxy) is 1. The fourth-order valence-corrected chi connectivity index (χ4v) is 5.72. The molecule has 0 aliphatic carbocycles. The summed E-state index contributed by atoms with van der Waals surface area (Å²) in [6.45, 7) is 3.25. The molecule has 5 rings (SSSR count). The van der Waals surface area contributed by atoms with Crippen molar-refractivity contribution >= 4 is 15.7 Å². The molecule has 2 N–H and O–H groups in total. The number of aromatic nitrogens is 2. The summed E-state index contributed by atoms with van der Waals surface area (Å²) in [5, 5.41) is 3.08. The largest absolute Gasteiger partial charge is 0.491 e. The van der Waals surface area contributed by atoms with E-state index in [2.05, 4.69) is 15.3 Å². The maximum absolute atomic E-state index is 15.1. The normalized spacial score (nSPS) is 13.4. The third-order valence-electron chi connectivity index (χ3n) is 7.02. The Bertz CT molecular complexity index is 1670. The highest BCUT2D eigenvalue weighted by Gasteiger charge is 2.27. The van der Waals surface area contributed by atoms with Gasteiger partial charge in [0, 0.05) is 29.5 Å². The second-order valence-corrected chi connectivity index (χ2v) is 11.8. The number of fused-ring (bicyclic) bond motifs is 1. The number of benzene rings is 3. The molecule has 0 saturated carbocycles. The number of sulfone groups is 1. The van der Waals surface area contributed by atoms with Crippen molar-refractivity contribution in [2.75, 3.05) is 26.5 Å². The summed E-state index contributed by atoms with van der Waals surface area (Å²) in [7, 11) is -1.88. The lowest BCUT2D eigenvalue weighted by Crippen LogP contribution is -2.33. The molecule has 1 amide bonds. The fourth-order valence-electron chi connectivity index (χ4n) is 4.96. The van der Waals surface area contributed by atoms with Gasteiger partial charge in [0.2, 0.25) is 0 Å². The summed E-state index contributed by atoms with van der Waals surface area (Å²) in [5.41, 5.74) is 5.05. The van der Waals surface area contributed by atoms with Gasteiger partial charge in [0.05, 0.1) is 25.0 Å². The van der Waals surface area contributed by atoms with Gasteiger partial charge in [-0.1, -0.05) is 37.3 Å². The Balaban J connectivity index is 1.40. The molecular formula is C30H31FN4O4S. The van der Waals surface area contributed by atoms with Crippen LogP contribution in [0.1, 0.15) is 34.2 Å². The molecule has 0 atom stereocenters. The predicted octanol–water partition coefficient (Wildman–Crippen LogP) is 4.60. The zero-order valence-electron chi connectivity index (χ0n) is 22.6. The first kappa shape index (κ1) is 27.5. The molecule has 0 fully saturated rings. The highest BCUT2D eigenvalue weighted by Crippen LogP contribution is 2.32. The van der Waals surface area contributed by atoms with E-state index in [0.717, 1.165) is 40.0 Å². The molecule has 0 unspecified atom stereocenters. The molecule has 1 aliphatic heterocycles. The van der Waals surface area contributed by atoms with Crippen molar-refractivity contribution in [3.05, 3.63) is 89.1 Å². The van der Waals surface area contributed by atoms with Crippen LogP contribution in [0.25, 0.3) is 22.4 Å². The topological polar surface area (TPSA) is 104 Å². The van der Waals surface area contributed by atoms with Crippen LogP contribution in [0.4, 0.5) is 4.39 Å². The number of hydrogen-bond acceptors (Lipinski definition) is 6. The average Bonchev–Trinajstić information content (AvgIpc) is 3.30. The molecule has 0 saturated heterocycles. The fraction of sp³-hybridized carbons (Fsp3) is 0.267. The van der Waals surface area contributed by atoms with E-state index in [4.69, 9.17) is 4.74 Å². The molecule has 2 heterocycles. The lowest BCUT2D eigenvalue weighted by atomic mass is 10.00. The van der Waals surface area contributed by atoms with E-state index < -0.39 is 20.5 Å². The molecule has 3 aromatic carbocycles. The number of carbonyl (C=O) groups is 1. The average molecular weight is 563 g/mol. The van der Waals surface area contributed by atoms with Crippen molar-refractivity contribution in [2.45, 2.75) is 31.3 Å². The minimum absolute atomic E-state index is 0.0995. The molecule has 208 valence electrons. The summed E-state index contributed by atoms with van der Waals surface area (Å²) < 4.78 is 45.0. The third-order valence-corrected chi connectivity index (χ3v) is 8.14. The van der Waals surface area contributed by atoms with Gasteiger partial charge in [-0.25, -0.2) is 17.8 Å². The molecular weight excluding hydrogens is 531 g/mol. The lowest BCUT2D eigenvalue weighted by Gasteiger charge is -2.22. The first-order chi connectivity index (χ1) is 19.2. The van der Waals surface area contributed by atoms with Crippen LogP contribution in [0.5, 0.6) is 5.75 Å². The predicted molar refractivity (Wildman–Crippen MR) is 151 cm³/mol. The first-order valence-corrected chi connectivity index (χ1v) is 14.9. The third kappa shape index (κ3) is 5.50. The van der Waals surface area contributed by atoms with Crippen LogP contribution >= 0.6 is 0 Å². The quantitative estimate of drug-likeness (QED) is 0.341. The standard InChI is InChI=1S/C30H31FN4O4S/c1-4-23-24(10-12-27(29(23)31)40(3,37)38)30(36)35-13-14-39-26-11-9-21(15-22(26)18-35)19-5-7-20(8-6-19)25-16-33-28(34-25)17-32-2/h5-12,15-16,32H,4,13-14,17-18H2,1-3H3,(H,33,34). The highest BCUT2D eigenvalue weighted by molar-refractivity contribution is 7.90. The smallest absolute Gasteiger partial charge is 0.254 e. The minimum Gasteiger partial charge on any atom is -0.491 e. The van der Waals surface area contributed by atoms with Crippen LogP contribution in [0.2, 0.25) is 0 Å². The Kier molecular flexibility index (Phi) is 7.73. The van der Waals surface area contributed by atoms with E-state index in [9.17, 15) is 13.2 Å². The van der Waals surface area contributed by atoms with Crippen LogP contribution in [-0.2, 0) is 29.3 Å². The molecule has 10 heteroatoms. The van der Waals surface area contributed by atoms with Crippen molar-refractivity contribution in [1.82, 2.24) is 20.2 Å². The Morgan fingerprint density at radius 1 is 1.10 bits per heavy atom. The van der Waals surface area contributed by atoms with Gasteiger partial charge < -0.3 is 19.9 Å². The van der Waals surface area contributed by atoms with E-state index in [1.54, 1.807) is 11.8 Å². The molecule has 8 nitrogen and oxygen atoms in total. The Labute approximate surface area is 233 Å².